The Bertz CT molecular complexity index is 372. The lowest BCUT2D eigenvalue weighted by Crippen LogP contribution is -2.21. The summed E-state index contributed by atoms with van der Waals surface area (Å²) in [5.74, 6) is 0.830. The number of anilines is 2. The molecule has 0 aliphatic carbocycles. The molecule has 100 valence electrons. The maximum Gasteiger partial charge on any atom is 0.149 e. The molecule has 0 unspecified atom stereocenters. The number of nitrogens with zero attached hydrogens (tertiary/aromatic N) is 2. The minimum Gasteiger partial charge on any atom is -0.396 e. The highest BCUT2D eigenvalue weighted by atomic mass is 15.1. The number of pyridine rings is 1. The fourth-order valence-electron chi connectivity index (χ4n) is 2.38. The minimum absolute atomic E-state index is 0.775. The number of hydrogen-bond acceptors (Lipinski definition) is 4. The normalized spacial score (nSPS) is 16.1. The van der Waals surface area contributed by atoms with Gasteiger partial charge in [0.25, 0.3) is 0 Å². The molecule has 1 aromatic heterocycles. The van der Waals surface area contributed by atoms with Crippen LogP contribution in [0.3, 0.4) is 0 Å². The molecular formula is C14H24N4. The van der Waals surface area contributed by atoms with Crippen molar-refractivity contribution in [1.29, 1.82) is 0 Å². The average Bonchev–Trinajstić information content (AvgIpc) is 2.87. The van der Waals surface area contributed by atoms with Gasteiger partial charge >= 0.3 is 0 Å². The van der Waals surface area contributed by atoms with Crippen molar-refractivity contribution in [1.82, 2.24) is 9.88 Å². The molecule has 0 aromatic carbocycles. The van der Waals surface area contributed by atoms with E-state index in [-0.39, 0.29) is 0 Å². The number of nitrogens with two attached hydrogens (primary N) is 1. The molecule has 0 bridgehead atoms. The first-order valence-electron chi connectivity index (χ1n) is 6.94. The van der Waals surface area contributed by atoms with Crippen molar-refractivity contribution < 1.29 is 0 Å². The standard InChI is InChI=1S/C14H24N4/c1-12-6-8-17-14(13(12)15)16-7-2-3-9-18-10-4-5-11-18/h6,8H,2-5,7,9-11,15H2,1H3,(H,16,17). The van der Waals surface area contributed by atoms with E-state index >= 15 is 0 Å². The second-order valence-corrected chi connectivity index (χ2v) is 5.07. The molecule has 1 aromatic rings. The second-order valence-electron chi connectivity index (χ2n) is 5.07. The van der Waals surface area contributed by atoms with Crippen LogP contribution in [0.2, 0.25) is 0 Å². The average molecular weight is 248 g/mol. The first kappa shape index (κ1) is 13.1. The van der Waals surface area contributed by atoms with Crippen LogP contribution in [0.15, 0.2) is 12.3 Å². The smallest absolute Gasteiger partial charge is 0.149 e. The zero-order chi connectivity index (χ0) is 12.8. The van der Waals surface area contributed by atoms with Crippen molar-refractivity contribution in [3.63, 3.8) is 0 Å². The lowest BCUT2D eigenvalue weighted by Gasteiger charge is -2.14. The Kier molecular flexibility index (Phi) is 4.81. The Morgan fingerprint density at radius 2 is 2.11 bits per heavy atom. The largest absolute Gasteiger partial charge is 0.396 e. The lowest BCUT2D eigenvalue weighted by atomic mass is 10.2. The Balaban J connectivity index is 1.64. The van der Waals surface area contributed by atoms with E-state index in [9.17, 15) is 0 Å². The maximum atomic E-state index is 5.96. The summed E-state index contributed by atoms with van der Waals surface area (Å²) in [6.45, 7) is 6.78. The topological polar surface area (TPSA) is 54.2 Å². The van der Waals surface area contributed by atoms with Gasteiger partial charge in [0.15, 0.2) is 0 Å². The number of unbranched alkanes of at least 4 members (excludes halogenated alkanes) is 1. The Hall–Kier alpha value is -1.29. The van der Waals surface area contributed by atoms with Crippen LogP contribution in [0.1, 0.15) is 31.2 Å². The minimum atomic E-state index is 0.775. The highest BCUT2D eigenvalue weighted by Crippen LogP contribution is 2.18. The van der Waals surface area contributed by atoms with Crippen LogP contribution >= 0.6 is 0 Å². The van der Waals surface area contributed by atoms with Gasteiger partial charge in [-0.1, -0.05) is 0 Å². The van der Waals surface area contributed by atoms with Gasteiger partial charge in [-0.3, -0.25) is 0 Å². The summed E-state index contributed by atoms with van der Waals surface area (Å²) in [5, 5.41) is 3.32. The summed E-state index contributed by atoms with van der Waals surface area (Å²) in [6.07, 6.45) is 6.98. The van der Waals surface area contributed by atoms with Gasteiger partial charge in [-0.15, -0.1) is 0 Å². The molecule has 1 aliphatic heterocycles. The van der Waals surface area contributed by atoms with Crippen LogP contribution in [0, 0.1) is 6.92 Å². The van der Waals surface area contributed by atoms with E-state index in [0.29, 0.717) is 0 Å². The fourth-order valence-corrected chi connectivity index (χ4v) is 2.38. The molecule has 3 N–H and O–H groups in total. The quantitative estimate of drug-likeness (QED) is 0.758. The first-order chi connectivity index (χ1) is 8.77. The number of aryl methyl sites for hydroxylation is 1. The molecule has 0 saturated carbocycles. The number of nitrogen functional groups attached to an aromatic ring is 1. The third-order valence-corrected chi connectivity index (χ3v) is 3.60. The summed E-state index contributed by atoms with van der Waals surface area (Å²) in [4.78, 5) is 6.82. The molecule has 2 heterocycles. The maximum absolute atomic E-state index is 5.96. The summed E-state index contributed by atoms with van der Waals surface area (Å²) >= 11 is 0. The van der Waals surface area contributed by atoms with E-state index in [2.05, 4.69) is 15.2 Å². The highest BCUT2D eigenvalue weighted by molar-refractivity contribution is 5.64. The zero-order valence-electron chi connectivity index (χ0n) is 11.3. The SMILES string of the molecule is Cc1ccnc(NCCCCN2CCCC2)c1N. The van der Waals surface area contributed by atoms with Crippen molar-refractivity contribution in [3.05, 3.63) is 17.8 Å². The van der Waals surface area contributed by atoms with E-state index in [4.69, 9.17) is 5.73 Å². The summed E-state index contributed by atoms with van der Waals surface area (Å²) in [7, 11) is 0. The van der Waals surface area contributed by atoms with Crippen LogP contribution in [-0.2, 0) is 0 Å². The van der Waals surface area contributed by atoms with Crippen molar-refractivity contribution in [3.8, 4) is 0 Å². The van der Waals surface area contributed by atoms with Crippen LogP contribution in [0.5, 0.6) is 0 Å². The number of aromatic nitrogens is 1. The van der Waals surface area contributed by atoms with E-state index in [1.807, 2.05) is 13.0 Å². The molecule has 1 aliphatic rings. The van der Waals surface area contributed by atoms with Gasteiger partial charge in [0, 0.05) is 12.7 Å². The van der Waals surface area contributed by atoms with Gasteiger partial charge in [0.05, 0.1) is 5.69 Å². The number of hydrogen-bond donors (Lipinski definition) is 2. The van der Waals surface area contributed by atoms with Crippen LogP contribution in [0.4, 0.5) is 11.5 Å². The van der Waals surface area contributed by atoms with Gasteiger partial charge in [-0.25, -0.2) is 4.98 Å². The number of rotatable bonds is 6. The molecular weight excluding hydrogens is 224 g/mol. The van der Waals surface area contributed by atoms with E-state index < -0.39 is 0 Å². The molecule has 4 heteroatoms. The number of likely N-dealkylation sites (tertiary alicyclic amines) is 1. The molecule has 0 amide bonds. The molecule has 0 radical (unpaired) electrons. The first-order valence-corrected chi connectivity index (χ1v) is 6.94. The monoisotopic (exact) mass is 248 g/mol. The number of nitrogens with one attached hydrogen (secondary N) is 1. The molecule has 0 spiro atoms. The van der Waals surface area contributed by atoms with Crippen molar-refractivity contribution in [2.45, 2.75) is 32.6 Å². The van der Waals surface area contributed by atoms with Crippen LogP contribution in [0.25, 0.3) is 0 Å². The van der Waals surface area contributed by atoms with Gasteiger partial charge < -0.3 is 16.0 Å². The predicted octanol–water partition coefficient (Wildman–Crippen LogP) is 2.26. The van der Waals surface area contributed by atoms with Gasteiger partial charge in [0.1, 0.15) is 5.82 Å². The highest BCUT2D eigenvalue weighted by Gasteiger charge is 2.10. The van der Waals surface area contributed by atoms with Gasteiger partial charge in [-0.05, 0) is 63.9 Å². The van der Waals surface area contributed by atoms with Crippen molar-refractivity contribution in [2.24, 2.45) is 0 Å². The molecule has 4 nitrogen and oxygen atoms in total. The van der Waals surface area contributed by atoms with Gasteiger partial charge in [-0.2, -0.15) is 0 Å². The summed E-state index contributed by atoms with van der Waals surface area (Å²) in [5.41, 5.74) is 7.83. The third kappa shape index (κ3) is 3.60. The molecule has 18 heavy (non-hydrogen) atoms. The van der Waals surface area contributed by atoms with Crippen LogP contribution < -0.4 is 11.1 Å². The van der Waals surface area contributed by atoms with E-state index in [1.54, 1.807) is 6.20 Å². The fraction of sp³-hybridized carbons (Fsp3) is 0.643. The molecule has 1 saturated heterocycles. The zero-order valence-corrected chi connectivity index (χ0v) is 11.3. The van der Waals surface area contributed by atoms with E-state index in [1.165, 1.54) is 45.3 Å². The van der Waals surface area contributed by atoms with Crippen LogP contribution in [-0.4, -0.2) is 36.1 Å². The Morgan fingerprint density at radius 1 is 1.33 bits per heavy atom. The Morgan fingerprint density at radius 3 is 2.89 bits per heavy atom. The van der Waals surface area contributed by atoms with E-state index in [0.717, 1.165) is 23.6 Å². The molecule has 1 fully saturated rings. The third-order valence-electron chi connectivity index (χ3n) is 3.60. The molecule has 2 rings (SSSR count). The van der Waals surface area contributed by atoms with Gasteiger partial charge in [0.2, 0.25) is 0 Å². The predicted molar refractivity (Wildman–Crippen MR) is 76.8 cm³/mol. The lowest BCUT2D eigenvalue weighted by molar-refractivity contribution is 0.331. The van der Waals surface area contributed by atoms with Crippen molar-refractivity contribution in [2.75, 3.05) is 37.2 Å². The summed E-state index contributed by atoms with van der Waals surface area (Å²) in [6, 6.07) is 1.94. The Labute approximate surface area is 110 Å². The molecule has 0 atom stereocenters. The second kappa shape index (κ2) is 6.59. The van der Waals surface area contributed by atoms with Crippen molar-refractivity contribution >= 4 is 11.5 Å². The summed E-state index contributed by atoms with van der Waals surface area (Å²) < 4.78 is 0.